The van der Waals surface area contributed by atoms with Gasteiger partial charge in [-0.3, -0.25) is 14.5 Å². The number of carbonyl (C=O) groups is 2. The maximum Gasteiger partial charge on any atom is 0.426 e. The van der Waals surface area contributed by atoms with Crippen LogP contribution in [0.3, 0.4) is 0 Å². The summed E-state index contributed by atoms with van der Waals surface area (Å²) in [5, 5.41) is 16.6. The second-order valence-corrected chi connectivity index (χ2v) is 12.6. The molecule has 3 atom stereocenters. The van der Waals surface area contributed by atoms with Crippen LogP contribution in [-0.2, 0) is 11.3 Å². The number of methoxy groups -OCH3 is 1. The minimum Gasteiger partial charge on any atom is -0.480 e. The SMILES string of the molecule is COc1ncc(-c2cc(CN3CCC(C)(C)CC3)c3c(N)ncnn23)cc1C(=O)N[C@@H]1CN(C(=O)C(C)(O)C(F)(F)F)C[C@@H]1F. The second kappa shape index (κ2) is 11.7. The van der Waals surface area contributed by atoms with Crippen LogP contribution in [-0.4, -0.2) is 104 Å². The number of fused-ring (bicyclic) bond motifs is 1. The highest BCUT2D eigenvalue weighted by Gasteiger charge is 2.58. The molecule has 0 bridgehead atoms. The molecule has 0 spiro atoms. The number of nitrogen functional groups attached to an aromatic ring is 1. The third kappa shape index (κ3) is 6.25. The van der Waals surface area contributed by atoms with Crippen molar-refractivity contribution < 1.29 is 37.0 Å². The number of nitrogens with zero attached hydrogens (tertiary/aromatic N) is 6. The Labute approximate surface area is 256 Å². The number of likely N-dealkylation sites (tertiary alicyclic amines) is 2. The summed E-state index contributed by atoms with van der Waals surface area (Å²) in [6.45, 7) is 5.92. The van der Waals surface area contributed by atoms with Crippen molar-refractivity contribution in [1.29, 1.82) is 0 Å². The average molecular weight is 637 g/mol. The molecule has 5 rings (SSSR count). The summed E-state index contributed by atoms with van der Waals surface area (Å²) in [7, 11) is 1.30. The van der Waals surface area contributed by atoms with Gasteiger partial charge in [-0.2, -0.15) is 18.3 Å². The van der Waals surface area contributed by atoms with Crippen LogP contribution < -0.4 is 15.8 Å². The molecule has 2 fully saturated rings. The van der Waals surface area contributed by atoms with Crippen LogP contribution in [0.2, 0.25) is 0 Å². The molecular weight excluding hydrogens is 600 g/mol. The molecule has 0 aliphatic carbocycles. The predicted molar refractivity (Wildman–Crippen MR) is 155 cm³/mol. The monoisotopic (exact) mass is 636 g/mol. The Morgan fingerprint density at radius 1 is 1.18 bits per heavy atom. The molecule has 244 valence electrons. The number of halogens is 4. The number of hydrogen-bond donors (Lipinski definition) is 3. The summed E-state index contributed by atoms with van der Waals surface area (Å²) in [5.41, 5.74) is 5.29. The summed E-state index contributed by atoms with van der Waals surface area (Å²) in [4.78, 5) is 37.1. The molecule has 1 unspecified atom stereocenters. The molecule has 45 heavy (non-hydrogen) atoms. The quantitative estimate of drug-likeness (QED) is 0.333. The van der Waals surface area contributed by atoms with E-state index in [2.05, 4.69) is 39.1 Å². The highest BCUT2D eigenvalue weighted by Crippen LogP contribution is 2.35. The van der Waals surface area contributed by atoms with E-state index < -0.39 is 48.9 Å². The summed E-state index contributed by atoms with van der Waals surface area (Å²) in [5.74, 6) is -2.33. The molecule has 3 aromatic heterocycles. The number of piperidine rings is 1. The Bertz CT molecular complexity index is 1600. The lowest BCUT2D eigenvalue weighted by Gasteiger charge is -2.36. The number of ether oxygens (including phenoxy) is 1. The maximum atomic E-state index is 14.9. The predicted octanol–water partition coefficient (Wildman–Crippen LogP) is 2.60. The normalized spacial score (nSPS) is 21.9. The smallest absolute Gasteiger partial charge is 0.426 e. The van der Waals surface area contributed by atoms with Crippen molar-refractivity contribution in [3.05, 3.63) is 35.8 Å². The van der Waals surface area contributed by atoms with Crippen LogP contribution in [0, 0.1) is 5.41 Å². The molecule has 0 radical (unpaired) electrons. The van der Waals surface area contributed by atoms with Crippen molar-refractivity contribution in [2.75, 3.05) is 39.0 Å². The van der Waals surface area contributed by atoms with Crippen molar-refractivity contribution >= 4 is 23.1 Å². The fraction of sp³-hybridized carbons (Fsp3) is 0.552. The number of carbonyl (C=O) groups excluding carboxylic acids is 2. The molecule has 4 N–H and O–H groups in total. The molecule has 5 heterocycles. The minimum absolute atomic E-state index is 0.0777. The zero-order valence-electron chi connectivity index (χ0n) is 25.4. The van der Waals surface area contributed by atoms with E-state index in [4.69, 9.17) is 10.5 Å². The van der Waals surface area contributed by atoms with Gasteiger partial charge in [0.2, 0.25) is 11.5 Å². The Morgan fingerprint density at radius 2 is 1.87 bits per heavy atom. The lowest BCUT2D eigenvalue weighted by Crippen LogP contribution is -2.56. The van der Waals surface area contributed by atoms with Gasteiger partial charge < -0.3 is 25.8 Å². The zero-order valence-corrected chi connectivity index (χ0v) is 25.4. The Morgan fingerprint density at radius 3 is 2.51 bits per heavy atom. The van der Waals surface area contributed by atoms with E-state index in [1.54, 1.807) is 4.52 Å². The Hall–Kier alpha value is -4.05. The topological polar surface area (TPSA) is 151 Å². The highest BCUT2D eigenvalue weighted by molar-refractivity contribution is 5.98. The van der Waals surface area contributed by atoms with E-state index in [9.17, 15) is 32.3 Å². The molecule has 2 aliphatic rings. The molecule has 0 saturated carbocycles. The maximum absolute atomic E-state index is 14.9. The molecule has 3 aromatic rings. The van der Waals surface area contributed by atoms with Gasteiger partial charge >= 0.3 is 6.18 Å². The van der Waals surface area contributed by atoms with Gasteiger partial charge in [0, 0.05) is 24.8 Å². The first kappa shape index (κ1) is 32.3. The van der Waals surface area contributed by atoms with Gasteiger partial charge in [0.25, 0.3) is 11.8 Å². The van der Waals surface area contributed by atoms with Crippen molar-refractivity contribution in [2.45, 2.75) is 64.1 Å². The molecule has 0 aromatic carbocycles. The van der Waals surface area contributed by atoms with Crippen LogP contribution >= 0.6 is 0 Å². The van der Waals surface area contributed by atoms with Gasteiger partial charge in [-0.25, -0.2) is 18.9 Å². The van der Waals surface area contributed by atoms with E-state index in [1.165, 1.54) is 25.7 Å². The third-order valence-corrected chi connectivity index (χ3v) is 8.67. The molecule has 12 nitrogen and oxygen atoms in total. The lowest BCUT2D eigenvalue weighted by atomic mass is 9.82. The summed E-state index contributed by atoms with van der Waals surface area (Å²) >= 11 is 0. The minimum atomic E-state index is -5.26. The summed E-state index contributed by atoms with van der Waals surface area (Å²) < 4.78 is 61.3. The number of rotatable bonds is 7. The highest BCUT2D eigenvalue weighted by atomic mass is 19.4. The van der Waals surface area contributed by atoms with Gasteiger partial charge in [0.05, 0.1) is 25.4 Å². The van der Waals surface area contributed by atoms with E-state index in [0.717, 1.165) is 31.5 Å². The van der Waals surface area contributed by atoms with Crippen LogP contribution in [0.15, 0.2) is 24.7 Å². The number of hydrogen-bond acceptors (Lipinski definition) is 9. The van der Waals surface area contributed by atoms with Gasteiger partial charge in [-0.05, 0) is 56.0 Å². The molecule has 16 heteroatoms. The number of amides is 2. The average Bonchev–Trinajstić information content (AvgIpc) is 3.53. The van der Waals surface area contributed by atoms with Gasteiger partial charge in [0.15, 0.2) is 5.82 Å². The first-order valence-corrected chi connectivity index (χ1v) is 14.4. The van der Waals surface area contributed by atoms with E-state index in [1.807, 2.05) is 6.07 Å². The van der Waals surface area contributed by atoms with Crippen LogP contribution in [0.1, 0.15) is 49.5 Å². The van der Waals surface area contributed by atoms with Crippen molar-refractivity contribution in [1.82, 2.24) is 34.7 Å². The number of aromatic nitrogens is 4. The zero-order chi connectivity index (χ0) is 32.9. The second-order valence-electron chi connectivity index (χ2n) is 12.6. The summed E-state index contributed by atoms with van der Waals surface area (Å²) in [6, 6.07) is 2.03. The standard InChI is InChI=1S/C29H36F4N8O4/c1-27(2)5-7-39(8-6-27)12-17-10-21(41-22(17)23(34)36-15-37-41)16-9-18(25(45-4)35-11-16)24(42)38-20-14-40(13-19(20)30)26(43)28(3,44)29(31,32)33/h9-11,15,19-20,44H,5-8,12-14H2,1-4H3,(H,38,42)(H2,34,36,37)/t19-,20+,28?/m0/s1. The largest absolute Gasteiger partial charge is 0.480 e. The van der Waals surface area contributed by atoms with E-state index in [0.29, 0.717) is 35.1 Å². The molecular formula is C29H36F4N8O4. The third-order valence-electron chi connectivity index (χ3n) is 8.67. The molecule has 2 saturated heterocycles. The first-order valence-electron chi connectivity index (χ1n) is 14.4. The number of aliphatic hydroxyl groups is 1. The number of pyridine rings is 1. The van der Waals surface area contributed by atoms with Crippen LogP contribution in [0.5, 0.6) is 5.88 Å². The van der Waals surface area contributed by atoms with Crippen LogP contribution in [0.4, 0.5) is 23.4 Å². The number of nitrogens with two attached hydrogens (primary N) is 1. The number of alkyl halides is 4. The Balaban J connectivity index is 1.41. The Kier molecular flexibility index (Phi) is 8.42. The fourth-order valence-electron chi connectivity index (χ4n) is 5.69. The van der Waals surface area contributed by atoms with Gasteiger partial charge in [-0.15, -0.1) is 0 Å². The first-order chi connectivity index (χ1) is 21.0. The van der Waals surface area contributed by atoms with E-state index in [-0.39, 0.29) is 22.7 Å². The van der Waals surface area contributed by atoms with Crippen LogP contribution in [0.25, 0.3) is 16.8 Å². The molecule has 2 aliphatic heterocycles. The fourth-order valence-corrected chi connectivity index (χ4v) is 5.69. The number of nitrogens with one attached hydrogen (secondary N) is 1. The van der Waals surface area contributed by atoms with E-state index >= 15 is 0 Å². The van der Waals surface area contributed by atoms with Crippen molar-refractivity contribution in [3.63, 3.8) is 0 Å². The number of anilines is 1. The van der Waals surface area contributed by atoms with Crippen molar-refractivity contribution in [3.8, 4) is 17.1 Å². The molecule has 2 amide bonds. The van der Waals surface area contributed by atoms with Gasteiger partial charge in [0.1, 0.15) is 23.6 Å². The lowest BCUT2D eigenvalue weighted by molar-refractivity contribution is -0.249. The summed E-state index contributed by atoms with van der Waals surface area (Å²) in [6.07, 6.45) is -2.26. The van der Waals surface area contributed by atoms with Gasteiger partial charge in [-0.1, -0.05) is 13.8 Å². The van der Waals surface area contributed by atoms with Crippen molar-refractivity contribution in [2.24, 2.45) is 5.41 Å².